The van der Waals surface area contributed by atoms with E-state index in [1.165, 1.54) is 0 Å². The third-order valence-electron chi connectivity index (χ3n) is 3.25. The van der Waals surface area contributed by atoms with Crippen LogP contribution >= 0.6 is 23.2 Å². The van der Waals surface area contributed by atoms with Crippen LogP contribution in [0.4, 0.5) is 0 Å². The van der Waals surface area contributed by atoms with Gasteiger partial charge in [0.2, 0.25) is 0 Å². The fourth-order valence-corrected chi connectivity index (χ4v) is 2.93. The number of ether oxygens (including phenoxy) is 1. The molecule has 0 heterocycles. The molecule has 0 aliphatic rings. The molecular formula is C15H21Cl2NO2. The number of carbonyl (C=O) groups is 1. The lowest BCUT2D eigenvalue weighted by Crippen LogP contribution is -2.31. The zero-order valence-electron chi connectivity index (χ0n) is 12.2. The van der Waals surface area contributed by atoms with E-state index in [1.54, 1.807) is 25.1 Å². The second-order valence-corrected chi connectivity index (χ2v) is 5.20. The van der Waals surface area contributed by atoms with Gasteiger partial charge >= 0.3 is 5.97 Å². The van der Waals surface area contributed by atoms with Gasteiger partial charge in [-0.25, -0.2) is 0 Å². The van der Waals surface area contributed by atoms with Gasteiger partial charge in [0, 0.05) is 21.7 Å². The molecule has 0 fully saturated rings. The van der Waals surface area contributed by atoms with Gasteiger partial charge in [-0.05, 0) is 32.1 Å². The maximum atomic E-state index is 11.9. The highest BCUT2D eigenvalue weighted by atomic mass is 35.5. The van der Waals surface area contributed by atoms with Crippen LogP contribution in [0.1, 0.15) is 38.8 Å². The minimum Gasteiger partial charge on any atom is -0.466 e. The van der Waals surface area contributed by atoms with Crippen LogP contribution in [0, 0.1) is 0 Å². The summed E-state index contributed by atoms with van der Waals surface area (Å²) >= 11 is 12.6. The second kappa shape index (κ2) is 8.50. The van der Waals surface area contributed by atoms with E-state index in [4.69, 9.17) is 27.9 Å². The van der Waals surface area contributed by atoms with Crippen molar-refractivity contribution in [1.29, 1.82) is 0 Å². The summed E-state index contributed by atoms with van der Waals surface area (Å²) in [6.07, 6.45) is 0.249. The van der Waals surface area contributed by atoms with Gasteiger partial charge in [-0.15, -0.1) is 0 Å². The van der Waals surface area contributed by atoms with Crippen molar-refractivity contribution >= 4 is 29.2 Å². The number of benzene rings is 1. The average molecular weight is 318 g/mol. The maximum Gasteiger partial charge on any atom is 0.307 e. The lowest BCUT2D eigenvalue weighted by atomic mass is 10.0. The fraction of sp³-hybridized carbons (Fsp3) is 0.533. The predicted octanol–water partition coefficient (Wildman–Crippen LogP) is 4.33. The van der Waals surface area contributed by atoms with E-state index in [0.717, 1.165) is 18.7 Å². The Morgan fingerprint density at radius 1 is 1.20 bits per heavy atom. The van der Waals surface area contributed by atoms with Gasteiger partial charge < -0.3 is 4.74 Å². The molecule has 3 nitrogen and oxygen atoms in total. The largest absolute Gasteiger partial charge is 0.466 e. The lowest BCUT2D eigenvalue weighted by molar-refractivity contribution is -0.144. The fourth-order valence-electron chi connectivity index (χ4n) is 2.28. The number of esters is 1. The standard InChI is InChI=1S/C15H21Cl2NO2/c1-4-18(5-2)13(10-14(19)20-6-3)15-11(16)8-7-9-12(15)17/h7-9,13H,4-6,10H2,1-3H3. The molecule has 112 valence electrons. The first-order valence-electron chi connectivity index (χ1n) is 6.88. The SMILES string of the molecule is CCOC(=O)CC(c1c(Cl)cccc1Cl)N(CC)CC. The highest BCUT2D eigenvalue weighted by molar-refractivity contribution is 6.36. The Bertz CT molecular complexity index is 427. The maximum absolute atomic E-state index is 11.9. The molecule has 5 heteroatoms. The number of halogens is 2. The number of carbonyl (C=O) groups excluding carboxylic acids is 1. The summed E-state index contributed by atoms with van der Waals surface area (Å²) in [5.41, 5.74) is 0.799. The summed E-state index contributed by atoms with van der Waals surface area (Å²) in [5, 5.41) is 1.16. The molecular weight excluding hydrogens is 297 g/mol. The van der Waals surface area contributed by atoms with E-state index in [9.17, 15) is 4.79 Å². The normalized spacial score (nSPS) is 12.5. The molecule has 0 aromatic heterocycles. The molecule has 1 rings (SSSR count). The van der Waals surface area contributed by atoms with E-state index < -0.39 is 0 Å². The Balaban J connectivity index is 3.12. The van der Waals surface area contributed by atoms with E-state index >= 15 is 0 Å². The van der Waals surface area contributed by atoms with Crippen LogP contribution < -0.4 is 0 Å². The van der Waals surface area contributed by atoms with Gasteiger partial charge in [0.25, 0.3) is 0 Å². The zero-order chi connectivity index (χ0) is 15.1. The molecule has 0 aliphatic heterocycles. The van der Waals surface area contributed by atoms with Crippen molar-refractivity contribution in [2.24, 2.45) is 0 Å². The first kappa shape index (κ1) is 17.3. The molecule has 0 amide bonds. The Morgan fingerprint density at radius 3 is 2.20 bits per heavy atom. The Kier molecular flexibility index (Phi) is 7.35. The van der Waals surface area contributed by atoms with Crippen LogP contribution in [0.3, 0.4) is 0 Å². The molecule has 1 aromatic carbocycles. The summed E-state index contributed by atoms with van der Waals surface area (Å²) < 4.78 is 5.06. The van der Waals surface area contributed by atoms with Crippen molar-refractivity contribution < 1.29 is 9.53 Å². The van der Waals surface area contributed by atoms with Crippen molar-refractivity contribution in [3.63, 3.8) is 0 Å². The number of hydrogen-bond donors (Lipinski definition) is 0. The number of rotatable bonds is 7. The van der Waals surface area contributed by atoms with Crippen LogP contribution in [-0.4, -0.2) is 30.6 Å². The highest BCUT2D eigenvalue weighted by Crippen LogP contribution is 2.35. The minimum atomic E-state index is -0.236. The van der Waals surface area contributed by atoms with E-state index in [1.807, 2.05) is 13.8 Å². The zero-order valence-corrected chi connectivity index (χ0v) is 13.7. The molecule has 0 saturated heterocycles. The van der Waals surface area contributed by atoms with Crippen LogP contribution in [0.25, 0.3) is 0 Å². The molecule has 0 aliphatic carbocycles. The third kappa shape index (κ3) is 4.37. The van der Waals surface area contributed by atoms with Crippen molar-refractivity contribution in [1.82, 2.24) is 4.90 Å². The van der Waals surface area contributed by atoms with Crippen LogP contribution in [0.15, 0.2) is 18.2 Å². The average Bonchev–Trinajstić information content (AvgIpc) is 2.39. The van der Waals surface area contributed by atoms with Gasteiger partial charge in [0.05, 0.1) is 13.0 Å². The molecule has 0 radical (unpaired) electrons. The Morgan fingerprint density at radius 2 is 1.75 bits per heavy atom. The number of hydrogen-bond acceptors (Lipinski definition) is 3. The predicted molar refractivity (Wildman–Crippen MR) is 83.4 cm³/mol. The van der Waals surface area contributed by atoms with Gasteiger partial charge in [-0.2, -0.15) is 0 Å². The minimum absolute atomic E-state index is 0.162. The number of nitrogens with zero attached hydrogens (tertiary/aromatic N) is 1. The summed E-state index contributed by atoms with van der Waals surface area (Å²) in [7, 11) is 0. The van der Waals surface area contributed by atoms with Gasteiger partial charge in [-0.1, -0.05) is 43.1 Å². The molecule has 0 bridgehead atoms. The second-order valence-electron chi connectivity index (χ2n) is 4.38. The molecule has 0 N–H and O–H groups in total. The lowest BCUT2D eigenvalue weighted by Gasteiger charge is -2.30. The van der Waals surface area contributed by atoms with E-state index in [0.29, 0.717) is 16.7 Å². The quantitative estimate of drug-likeness (QED) is 0.701. The van der Waals surface area contributed by atoms with Crippen LogP contribution in [-0.2, 0) is 9.53 Å². The van der Waals surface area contributed by atoms with E-state index in [-0.39, 0.29) is 18.4 Å². The Hall–Kier alpha value is -0.770. The summed E-state index contributed by atoms with van der Waals surface area (Å²) in [6.45, 7) is 7.88. The first-order valence-corrected chi connectivity index (χ1v) is 7.64. The topological polar surface area (TPSA) is 29.5 Å². The Labute approximate surface area is 130 Å². The third-order valence-corrected chi connectivity index (χ3v) is 3.91. The van der Waals surface area contributed by atoms with Crippen LogP contribution in [0.2, 0.25) is 10.0 Å². The van der Waals surface area contributed by atoms with E-state index in [2.05, 4.69) is 4.90 Å². The highest BCUT2D eigenvalue weighted by Gasteiger charge is 2.26. The van der Waals surface area contributed by atoms with Crippen molar-refractivity contribution in [2.75, 3.05) is 19.7 Å². The summed E-state index contributed by atoms with van der Waals surface area (Å²) in [6, 6.07) is 5.23. The monoisotopic (exact) mass is 317 g/mol. The summed E-state index contributed by atoms with van der Waals surface area (Å²) in [4.78, 5) is 14.0. The molecule has 1 atom stereocenters. The molecule has 1 aromatic rings. The van der Waals surface area contributed by atoms with Gasteiger partial charge in [0.15, 0.2) is 0 Å². The molecule has 0 saturated carbocycles. The molecule has 20 heavy (non-hydrogen) atoms. The molecule has 1 unspecified atom stereocenters. The van der Waals surface area contributed by atoms with Crippen molar-refractivity contribution in [3.05, 3.63) is 33.8 Å². The van der Waals surface area contributed by atoms with Crippen molar-refractivity contribution in [2.45, 2.75) is 33.2 Å². The summed E-state index contributed by atoms with van der Waals surface area (Å²) in [5.74, 6) is -0.236. The van der Waals surface area contributed by atoms with Crippen molar-refractivity contribution in [3.8, 4) is 0 Å². The van der Waals surface area contributed by atoms with Gasteiger partial charge in [-0.3, -0.25) is 9.69 Å². The first-order chi connectivity index (χ1) is 9.54. The van der Waals surface area contributed by atoms with Crippen LogP contribution in [0.5, 0.6) is 0 Å². The van der Waals surface area contributed by atoms with Gasteiger partial charge in [0.1, 0.15) is 0 Å². The molecule has 0 spiro atoms. The smallest absolute Gasteiger partial charge is 0.307 e.